The van der Waals surface area contributed by atoms with Crippen molar-refractivity contribution in [2.24, 2.45) is 0 Å². The Hall–Kier alpha value is -0.0300. The summed E-state index contributed by atoms with van der Waals surface area (Å²) in [5.74, 6) is 0. The summed E-state index contributed by atoms with van der Waals surface area (Å²) in [6, 6.07) is 1.90. The Morgan fingerprint density at radius 1 is 1.50 bits per heavy atom. The minimum absolute atomic E-state index is 0.106. The van der Waals surface area contributed by atoms with Crippen LogP contribution in [0.1, 0.15) is 0 Å². The quantitative estimate of drug-likeness (QED) is 0.693. The van der Waals surface area contributed by atoms with Crippen molar-refractivity contribution in [3.05, 3.63) is 26.7 Å². The molecule has 2 rings (SSSR count). The van der Waals surface area contributed by atoms with E-state index in [0.29, 0.717) is 4.21 Å². The molecule has 2 heterocycles. The lowest BCUT2D eigenvalue weighted by Gasteiger charge is -1.93. The smallest absolute Gasteiger partial charge is 0.217 e. The van der Waals surface area contributed by atoms with E-state index in [1.54, 1.807) is 0 Å². The first-order chi connectivity index (χ1) is 5.70. The maximum atomic E-state index is 11.4. The highest BCUT2D eigenvalue weighted by Gasteiger charge is 2.08. The molecule has 0 atom stereocenters. The summed E-state index contributed by atoms with van der Waals surface area (Å²) in [7, 11) is 0. The monoisotopic (exact) mass is 234 g/mol. The molecule has 0 spiro atoms. The SMILES string of the molecule is O=c1c(Cl)c(S)sc2ccsc12. The Kier molecular flexibility index (Phi) is 2.16. The fourth-order valence-corrected chi connectivity index (χ4v) is 3.35. The summed E-state index contributed by atoms with van der Waals surface area (Å²) < 4.78 is 2.27. The van der Waals surface area contributed by atoms with Crippen molar-refractivity contribution in [2.75, 3.05) is 0 Å². The second kappa shape index (κ2) is 3.03. The van der Waals surface area contributed by atoms with Crippen LogP contribution in [0.15, 0.2) is 20.5 Å². The molecule has 0 radical (unpaired) electrons. The van der Waals surface area contributed by atoms with Gasteiger partial charge in [-0.1, -0.05) is 11.6 Å². The van der Waals surface area contributed by atoms with Crippen LogP contribution in [-0.4, -0.2) is 0 Å². The number of fused-ring (bicyclic) bond motifs is 1. The minimum atomic E-state index is -0.106. The average Bonchev–Trinajstić information content (AvgIpc) is 2.48. The van der Waals surface area contributed by atoms with Crippen LogP contribution in [0.4, 0.5) is 0 Å². The van der Waals surface area contributed by atoms with Gasteiger partial charge in [0.1, 0.15) is 5.02 Å². The van der Waals surface area contributed by atoms with Crippen molar-refractivity contribution in [1.29, 1.82) is 0 Å². The van der Waals surface area contributed by atoms with Crippen LogP contribution in [0.3, 0.4) is 0 Å². The van der Waals surface area contributed by atoms with Crippen molar-refractivity contribution in [2.45, 2.75) is 4.21 Å². The molecule has 0 aliphatic heterocycles. The number of thiophene rings is 1. The van der Waals surface area contributed by atoms with E-state index in [1.165, 1.54) is 22.7 Å². The third kappa shape index (κ3) is 1.19. The Bertz CT molecular complexity index is 485. The molecule has 0 bridgehead atoms. The molecule has 12 heavy (non-hydrogen) atoms. The molecule has 0 unspecified atom stereocenters. The van der Waals surface area contributed by atoms with E-state index in [9.17, 15) is 4.79 Å². The van der Waals surface area contributed by atoms with Gasteiger partial charge in [-0.2, -0.15) is 0 Å². The van der Waals surface area contributed by atoms with E-state index in [2.05, 4.69) is 12.6 Å². The average molecular weight is 235 g/mol. The van der Waals surface area contributed by atoms with Gasteiger partial charge in [0.15, 0.2) is 0 Å². The Balaban J connectivity index is 3.05. The van der Waals surface area contributed by atoms with E-state index in [1.807, 2.05) is 11.4 Å². The Labute approximate surface area is 87.0 Å². The molecule has 62 valence electrons. The standard InChI is InChI=1S/C7H3ClOS3/c8-4-5(9)6-3(1-2-11-6)12-7(4)10/h1-2,10H. The lowest BCUT2D eigenvalue weighted by molar-refractivity contribution is 1.63. The lowest BCUT2D eigenvalue weighted by Crippen LogP contribution is -1.98. The van der Waals surface area contributed by atoms with Crippen LogP contribution in [0.25, 0.3) is 9.40 Å². The van der Waals surface area contributed by atoms with Crippen molar-refractivity contribution in [1.82, 2.24) is 0 Å². The molecule has 0 fully saturated rings. The molecule has 2 aromatic heterocycles. The van der Waals surface area contributed by atoms with E-state index < -0.39 is 0 Å². The van der Waals surface area contributed by atoms with Gasteiger partial charge in [-0.05, 0) is 11.4 Å². The third-order valence-corrected chi connectivity index (χ3v) is 4.53. The molecule has 0 aliphatic carbocycles. The first-order valence-electron chi connectivity index (χ1n) is 3.09. The fraction of sp³-hybridized carbons (Fsp3) is 0. The van der Waals surface area contributed by atoms with Crippen LogP contribution in [0.2, 0.25) is 5.02 Å². The topological polar surface area (TPSA) is 17.1 Å². The Morgan fingerprint density at radius 2 is 2.25 bits per heavy atom. The highest BCUT2D eigenvalue weighted by Crippen LogP contribution is 2.30. The second-order valence-electron chi connectivity index (χ2n) is 2.16. The minimum Gasteiger partial charge on any atom is -0.287 e. The summed E-state index contributed by atoms with van der Waals surface area (Å²) in [6.07, 6.45) is 0. The van der Waals surface area contributed by atoms with Gasteiger partial charge in [-0.15, -0.1) is 35.3 Å². The first kappa shape index (κ1) is 8.56. The molecule has 1 nitrogen and oxygen atoms in total. The molecule has 0 saturated carbocycles. The van der Waals surface area contributed by atoms with Crippen LogP contribution >= 0.6 is 46.9 Å². The summed E-state index contributed by atoms with van der Waals surface area (Å²) in [5, 5.41) is 2.12. The normalized spacial score (nSPS) is 10.8. The summed E-state index contributed by atoms with van der Waals surface area (Å²) in [5.41, 5.74) is -0.106. The van der Waals surface area contributed by atoms with E-state index in [4.69, 9.17) is 11.6 Å². The third-order valence-electron chi connectivity index (χ3n) is 1.43. The zero-order valence-electron chi connectivity index (χ0n) is 5.70. The molecule has 0 saturated heterocycles. The second-order valence-corrected chi connectivity index (χ2v) is 5.26. The number of hydrogen-bond donors (Lipinski definition) is 1. The van der Waals surface area contributed by atoms with Gasteiger partial charge in [0.2, 0.25) is 5.43 Å². The lowest BCUT2D eigenvalue weighted by atomic mass is 10.5. The summed E-state index contributed by atoms with van der Waals surface area (Å²) >= 11 is 12.7. The fourth-order valence-electron chi connectivity index (χ4n) is 0.889. The molecule has 5 heteroatoms. The van der Waals surface area contributed by atoms with Gasteiger partial charge in [0.05, 0.1) is 13.6 Å². The molecule has 0 aliphatic rings. The van der Waals surface area contributed by atoms with Crippen LogP contribution in [-0.2, 0) is 0 Å². The summed E-state index contributed by atoms with van der Waals surface area (Å²) in [6.45, 7) is 0. The zero-order chi connectivity index (χ0) is 8.72. The van der Waals surface area contributed by atoms with Crippen molar-refractivity contribution in [3.8, 4) is 0 Å². The molecular weight excluding hydrogens is 232 g/mol. The number of thiol groups is 1. The molecule has 0 N–H and O–H groups in total. The largest absolute Gasteiger partial charge is 0.287 e. The first-order valence-corrected chi connectivity index (χ1v) is 5.61. The maximum Gasteiger partial charge on any atom is 0.217 e. The van der Waals surface area contributed by atoms with Gasteiger partial charge in [0, 0.05) is 0 Å². The predicted octanol–water partition coefficient (Wildman–Crippen LogP) is 3.27. The number of halogens is 1. The van der Waals surface area contributed by atoms with Crippen molar-refractivity contribution >= 4 is 56.3 Å². The van der Waals surface area contributed by atoms with E-state index in [0.717, 1.165) is 9.40 Å². The summed E-state index contributed by atoms with van der Waals surface area (Å²) in [4.78, 5) is 11.4. The van der Waals surface area contributed by atoms with E-state index >= 15 is 0 Å². The molecule has 2 aromatic rings. The van der Waals surface area contributed by atoms with Crippen molar-refractivity contribution < 1.29 is 0 Å². The highest BCUT2D eigenvalue weighted by molar-refractivity contribution is 7.83. The van der Waals surface area contributed by atoms with Crippen LogP contribution in [0, 0.1) is 0 Å². The van der Waals surface area contributed by atoms with Gasteiger partial charge in [0.25, 0.3) is 0 Å². The van der Waals surface area contributed by atoms with Crippen LogP contribution < -0.4 is 5.43 Å². The van der Waals surface area contributed by atoms with Gasteiger partial charge in [-0.3, -0.25) is 4.79 Å². The zero-order valence-corrected chi connectivity index (χ0v) is 8.99. The van der Waals surface area contributed by atoms with Gasteiger partial charge in [-0.25, -0.2) is 0 Å². The maximum absolute atomic E-state index is 11.4. The predicted molar refractivity (Wildman–Crippen MR) is 58.2 cm³/mol. The van der Waals surface area contributed by atoms with Gasteiger partial charge < -0.3 is 0 Å². The Morgan fingerprint density at radius 3 is 3.00 bits per heavy atom. The number of hydrogen-bond acceptors (Lipinski definition) is 4. The number of rotatable bonds is 0. The van der Waals surface area contributed by atoms with Crippen LogP contribution in [0.5, 0.6) is 0 Å². The highest BCUT2D eigenvalue weighted by atomic mass is 35.5. The molecule has 0 aromatic carbocycles. The molecular formula is C7H3ClOS3. The molecule has 0 amide bonds. The van der Waals surface area contributed by atoms with Crippen molar-refractivity contribution in [3.63, 3.8) is 0 Å². The van der Waals surface area contributed by atoms with E-state index in [-0.39, 0.29) is 10.5 Å². The van der Waals surface area contributed by atoms with Gasteiger partial charge >= 0.3 is 0 Å².